The first-order valence-electron chi connectivity index (χ1n) is 30.8. The molecule has 6 nitrogen and oxygen atoms in total. The fourth-order valence-electron chi connectivity index (χ4n) is 8.78. The van der Waals surface area contributed by atoms with Crippen LogP contribution < -0.4 is 0 Å². The monoisotopic (exact) mass is 993 g/mol. The summed E-state index contributed by atoms with van der Waals surface area (Å²) in [5, 5.41) is 0. The van der Waals surface area contributed by atoms with E-state index in [1.807, 2.05) is 0 Å². The van der Waals surface area contributed by atoms with Crippen LogP contribution in [0, 0.1) is 0 Å². The Bertz CT molecular complexity index is 1280. The molecular formula is C65H116O6. The van der Waals surface area contributed by atoms with Gasteiger partial charge >= 0.3 is 17.9 Å². The van der Waals surface area contributed by atoms with Crippen molar-refractivity contribution in [2.45, 2.75) is 322 Å². The molecule has 0 spiro atoms. The summed E-state index contributed by atoms with van der Waals surface area (Å²) >= 11 is 0. The molecule has 6 heteroatoms. The maximum atomic E-state index is 12.9. The number of ether oxygens (including phenoxy) is 3. The van der Waals surface area contributed by atoms with E-state index < -0.39 is 6.10 Å². The molecular weight excluding hydrogens is 877 g/mol. The molecule has 0 amide bonds. The lowest BCUT2D eigenvalue weighted by molar-refractivity contribution is -0.167. The molecule has 0 fully saturated rings. The first-order valence-corrected chi connectivity index (χ1v) is 30.8. The van der Waals surface area contributed by atoms with Gasteiger partial charge in [0.05, 0.1) is 0 Å². The number of unbranched alkanes of at least 4 members (excludes halogenated alkanes) is 35. The van der Waals surface area contributed by atoms with E-state index >= 15 is 0 Å². The first-order chi connectivity index (χ1) is 35.0. The van der Waals surface area contributed by atoms with Gasteiger partial charge in [-0.25, -0.2) is 0 Å². The summed E-state index contributed by atoms with van der Waals surface area (Å²) in [6.07, 6.45) is 75.0. The third kappa shape index (κ3) is 57.9. The van der Waals surface area contributed by atoms with E-state index in [1.165, 1.54) is 199 Å². The van der Waals surface area contributed by atoms with Gasteiger partial charge in [-0.1, -0.05) is 255 Å². The zero-order chi connectivity index (χ0) is 51.4. The van der Waals surface area contributed by atoms with Crippen molar-refractivity contribution in [2.75, 3.05) is 13.2 Å². The summed E-state index contributed by atoms with van der Waals surface area (Å²) in [6, 6.07) is 0. The Kier molecular flexibility index (Phi) is 57.2. The van der Waals surface area contributed by atoms with Crippen molar-refractivity contribution in [2.24, 2.45) is 0 Å². The first kappa shape index (κ1) is 68.1. The van der Waals surface area contributed by atoms with E-state index in [2.05, 4.69) is 81.5 Å². The highest BCUT2D eigenvalue weighted by molar-refractivity contribution is 5.71. The van der Waals surface area contributed by atoms with Gasteiger partial charge in [-0.3, -0.25) is 14.4 Å². The Morgan fingerprint density at radius 2 is 0.521 bits per heavy atom. The van der Waals surface area contributed by atoms with Gasteiger partial charge < -0.3 is 14.2 Å². The average molecular weight is 994 g/mol. The van der Waals surface area contributed by atoms with Crippen LogP contribution in [0.2, 0.25) is 0 Å². The van der Waals surface area contributed by atoms with E-state index in [-0.39, 0.29) is 31.1 Å². The Balaban J connectivity index is 4.30. The van der Waals surface area contributed by atoms with Gasteiger partial charge in [0.2, 0.25) is 0 Å². The molecule has 71 heavy (non-hydrogen) atoms. The molecule has 412 valence electrons. The second-order valence-corrected chi connectivity index (χ2v) is 20.6. The highest BCUT2D eigenvalue weighted by atomic mass is 16.6. The molecule has 0 rings (SSSR count). The molecule has 0 aliphatic rings. The summed E-state index contributed by atoms with van der Waals surface area (Å²) < 4.78 is 16.9. The number of hydrogen-bond acceptors (Lipinski definition) is 6. The van der Waals surface area contributed by atoms with Crippen molar-refractivity contribution in [1.82, 2.24) is 0 Å². The molecule has 0 aromatic heterocycles. The molecule has 0 radical (unpaired) electrons. The normalized spacial score (nSPS) is 12.4. The maximum absolute atomic E-state index is 12.9. The SMILES string of the molecule is CCCC/C=C\CCCCCCCC(=O)OCC(COC(=O)CCCCCCCCCCC/C=C\C/C=C\CCCCCCC)OC(=O)CCCCCCCCCCC/C=C\C/C=C\CCCCCCC. The Morgan fingerprint density at radius 1 is 0.282 bits per heavy atom. The molecule has 0 aromatic carbocycles. The van der Waals surface area contributed by atoms with Gasteiger partial charge in [0.25, 0.3) is 0 Å². The highest BCUT2D eigenvalue weighted by Crippen LogP contribution is 2.16. The van der Waals surface area contributed by atoms with Crippen molar-refractivity contribution in [3.63, 3.8) is 0 Å². The maximum Gasteiger partial charge on any atom is 0.306 e. The predicted molar refractivity (Wildman–Crippen MR) is 307 cm³/mol. The van der Waals surface area contributed by atoms with Gasteiger partial charge in [0, 0.05) is 19.3 Å². The van der Waals surface area contributed by atoms with Gasteiger partial charge in [0.15, 0.2) is 6.10 Å². The van der Waals surface area contributed by atoms with Crippen molar-refractivity contribution >= 4 is 17.9 Å². The zero-order valence-corrected chi connectivity index (χ0v) is 47.2. The zero-order valence-electron chi connectivity index (χ0n) is 47.2. The van der Waals surface area contributed by atoms with Crippen molar-refractivity contribution in [1.29, 1.82) is 0 Å². The molecule has 0 aromatic rings. The van der Waals surface area contributed by atoms with Gasteiger partial charge in [-0.05, 0) is 103 Å². The number of rotatable bonds is 56. The lowest BCUT2D eigenvalue weighted by Gasteiger charge is -2.18. The molecule has 0 aliphatic carbocycles. The topological polar surface area (TPSA) is 78.9 Å². The van der Waals surface area contributed by atoms with Crippen molar-refractivity contribution in [3.05, 3.63) is 60.8 Å². The molecule has 0 saturated carbocycles. The lowest BCUT2D eigenvalue weighted by Crippen LogP contribution is -2.30. The van der Waals surface area contributed by atoms with Crippen LogP contribution in [-0.4, -0.2) is 37.2 Å². The number of carbonyl (C=O) groups is 3. The third-order valence-corrected chi connectivity index (χ3v) is 13.5. The molecule has 0 N–H and O–H groups in total. The number of hydrogen-bond donors (Lipinski definition) is 0. The van der Waals surface area contributed by atoms with Gasteiger partial charge in [-0.15, -0.1) is 0 Å². The fraction of sp³-hybridized carbons (Fsp3) is 0.800. The Labute approximate surface area is 440 Å². The highest BCUT2D eigenvalue weighted by Gasteiger charge is 2.19. The van der Waals surface area contributed by atoms with Crippen LogP contribution in [0.5, 0.6) is 0 Å². The van der Waals surface area contributed by atoms with E-state index in [1.54, 1.807) is 0 Å². The van der Waals surface area contributed by atoms with Crippen LogP contribution in [0.4, 0.5) is 0 Å². The standard InChI is InChI=1S/C65H116O6/c1-4-7-10-13-16-19-22-24-26-28-30-32-34-36-38-40-43-46-49-52-55-58-64(67)70-61-62(60-69-63(66)57-54-51-48-45-42-21-18-15-12-9-6-3)71-65(68)59-56-53-50-47-44-41-39-37-35-33-31-29-27-25-23-20-17-14-11-8-5-2/h15,18,22-25,28-31,62H,4-14,16-17,19-21,26-27,32-61H2,1-3H3/b18-15-,24-22-,25-23-,30-28-,31-29-. The molecule has 1 atom stereocenters. The summed E-state index contributed by atoms with van der Waals surface area (Å²) in [4.78, 5) is 38.2. The minimum atomic E-state index is -0.782. The Hall–Kier alpha value is -2.89. The molecule has 0 heterocycles. The molecule has 0 bridgehead atoms. The summed E-state index contributed by atoms with van der Waals surface area (Å²) in [7, 11) is 0. The minimum absolute atomic E-state index is 0.0796. The molecule has 0 aliphatic heterocycles. The van der Waals surface area contributed by atoms with Crippen LogP contribution in [0.15, 0.2) is 60.8 Å². The second kappa shape index (κ2) is 59.7. The minimum Gasteiger partial charge on any atom is -0.462 e. The van der Waals surface area contributed by atoms with Crippen LogP contribution in [0.25, 0.3) is 0 Å². The third-order valence-electron chi connectivity index (χ3n) is 13.5. The summed E-state index contributed by atoms with van der Waals surface area (Å²) in [6.45, 7) is 6.60. The largest absolute Gasteiger partial charge is 0.462 e. The number of carbonyl (C=O) groups excluding carboxylic acids is 3. The van der Waals surface area contributed by atoms with Crippen LogP contribution in [0.1, 0.15) is 316 Å². The van der Waals surface area contributed by atoms with Crippen molar-refractivity contribution < 1.29 is 28.6 Å². The summed E-state index contributed by atoms with van der Waals surface area (Å²) in [5.74, 6) is -0.885. The van der Waals surface area contributed by atoms with Gasteiger partial charge in [-0.2, -0.15) is 0 Å². The van der Waals surface area contributed by atoms with Crippen LogP contribution >= 0.6 is 0 Å². The van der Waals surface area contributed by atoms with E-state index in [9.17, 15) is 14.4 Å². The smallest absolute Gasteiger partial charge is 0.306 e. The second-order valence-electron chi connectivity index (χ2n) is 20.6. The number of esters is 3. The predicted octanol–water partition coefficient (Wildman–Crippen LogP) is 20.8. The number of allylic oxidation sites excluding steroid dienone is 10. The van der Waals surface area contributed by atoms with Gasteiger partial charge in [0.1, 0.15) is 13.2 Å². The van der Waals surface area contributed by atoms with E-state index in [4.69, 9.17) is 14.2 Å². The van der Waals surface area contributed by atoms with Crippen LogP contribution in [-0.2, 0) is 28.6 Å². The lowest BCUT2D eigenvalue weighted by atomic mass is 10.1. The quantitative estimate of drug-likeness (QED) is 0.0261. The van der Waals surface area contributed by atoms with Crippen LogP contribution in [0.3, 0.4) is 0 Å². The average Bonchev–Trinajstić information content (AvgIpc) is 3.37. The summed E-state index contributed by atoms with van der Waals surface area (Å²) in [5.41, 5.74) is 0. The molecule has 0 saturated heterocycles. The Morgan fingerprint density at radius 3 is 0.831 bits per heavy atom. The van der Waals surface area contributed by atoms with E-state index in [0.29, 0.717) is 19.3 Å². The van der Waals surface area contributed by atoms with Crippen molar-refractivity contribution in [3.8, 4) is 0 Å². The molecule has 1 unspecified atom stereocenters. The van der Waals surface area contributed by atoms with E-state index in [0.717, 1.165) is 77.0 Å². The fourth-order valence-corrected chi connectivity index (χ4v) is 8.78.